The molecule has 7 nitrogen and oxygen atoms in total. The minimum atomic E-state index is -0.139. The first kappa shape index (κ1) is 19.8. The fourth-order valence-electron chi connectivity index (χ4n) is 2.18. The van der Waals surface area contributed by atoms with Gasteiger partial charge in [-0.15, -0.1) is 4.91 Å². The Labute approximate surface area is 142 Å². The minimum absolute atomic E-state index is 0.0294. The molecule has 3 N–H and O–H groups in total. The zero-order valence-electron chi connectivity index (χ0n) is 14.3. The SMILES string of the molecule is CCCNC(=O)CNCCC(CC)C(=O)Nc1ccc(N=O)cc1. The van der Waals surface area contributed by atoms with Crippen molar-refractivity contribution < 1.29 is 9.59 Å². The van der Waals surface area contributed by atoms with Crippen LogP contribution in [0.15, 0.2) is 29.4 Å². The molecule has 1 unspecified atom stereocenters. The van der Waals surface area contributed by atoms with Gasteiger partial charge >= 0.3 is 0 Å². The second-order valence-electron chi connectivity index (χ2n) is 5.55. The first-order chi connectivity index (χ1) is 11.6. The van der Waals surface area contributed by atoms with E-state index in [4.69, 9.17) is 0 Å². The van der Waals surface area contributed by atoms with Gasteiger partial charge in [-0.2, -0.15) is 0 Å². The zero-order chi connectivity index (χ0) is 17.8. The summed E-state index contributed by atoms with van der Waals surface area (Å²) in [6, 6.07) is 6.41. The van der Waals surface area contributed by atoms with E-state index < -0.39 is 0 Å². The highest BCUT2D eigenvalue weighted by Crippen LogP contribution is 2.17. The predicted octanol–water partition coefficient (Wildman–Crippen LogP) is 2.56. The maximum atomic E-state index is 12.3. The summed E-state index contributed by atoms with van der Waals surface area (Å²) >= 11 is 0. The quantitative estimate of drug-likeness (QED) is 0.428. The third-order valence-corrected chi connectivity index (χ3v) is 3.63. The van der Waals surface area contributed by atoms with Gasteiger partial charge in [0, 0.05) is 18.2 Å². The fourth-order valence-corrected chi connectivity index (χ4v) is 2.18. The average molecular weight is 334 g/mol. The Kier molecular flexibility index (Phi) is 9.29. The van der Waals surface area contributed by atoms with Gasteiger partial charge in [-0.25, -0.2) is 0 Å². The minimum Gasteiger partial charge on any atom is -0.355 e. The Hall–Kier alpha value is -2.28. The molecule has 1 aromatic carbocycles. The molecule has 0 radical (unpaired) electrons. The van der Waals surface area contributed by atoms with Gasteiger partial charge in [0.05, 0.1) is 6.54 Å². The van der Waals surface area contributed by atoms with E-state index in [0.29, 0.717) is 37.3 Å². The van der Waals surface area contributed by atoms with Gasteiger partial charge in [-0.3, -0.25) is 9.59 Å². The molecule has 1 atom stereocenters. The summed E-state index contributed by atoms with van der Waals surface area (Å²) in [6.45, 7) is 5.50. The lowest BCUT2D eigenvalue weighted by molar-refractivity contribution is -0.120. The number of nitrogens with one attached hydrogen (secondary N) is 3. The standard InChI is InChI=1S/C17H26N4O3/c1-3-10-19-16(22)12-18-11-9-13(4-2)17(23)20-14-5-7-15(21-24)8-6-14/h5-8,13,18H,3-4,9-12H2,1-2H3,(H,19,22)(H,20,23). The molecule has 7 heteroatoms. The molecule has 2 amide bonds. The van der Waals surface area contributed by atoms with Crippen LogP contribution in [0.25, 0.3) is 0 Å². The van der Waals surface area contributed by atoms with Gasteiger partial charge in [-0.1, -0.05) is 13.8 Å². The normalized spacial score (nSPS) is 11.6. The molecular weight excluding hydrogens is 308 g/mol. The highest BCUT2D eigenvalue weighted by Gasteiger charge is 2.16. The number of nitroso groups, excluding NO2 is 1. The largest absolute Gasteiger partial charge is 0.355 e. The van der Waals surface area contributed by atoms with Crippen LogP contribution >= 0.6 is 0 Å². The number of nitrogens with zero attached hydrogens (tertiary/aromatic N) is 1. The van der Waals surface area contributed by atoms with E-state index in [1.54, 1.807) is 24.3 Å². The molecule has 0 aliphatic rings. The van der Waals surface area contributed by atoms with Crippen molar-refractivity contribution in [2.24, 2.45) is 11.1 Å². The summed E-state index contributed by atoms with van der Waals surface area (Å²) in [5, 5.41) is 11.5. The molecular formula is C17H26N4O3. The third-order valence-electron chi connectivity index (χ3n) is 3.63. The van der Waals surface area contributed by atoms with Crippen molar-refractivity contribution in [3.63, 3.8) is 0 Å². The Morgan fingerprint density at radius 3 is 2.42 bits per heavy atom. The van der Waals surface area contributed by atoms with E-state index in [0.717, 1.165) is 6.42 Å². The molecule has 0 bridgehead atoms. The lowest BCUT2D eigenvalue weighted by atomic mass is 10.0. The molecule has 0 saturated carbocycles. The van der Waals surface area contributed by atoms with Crippen molar-refractivity contribution in [1.82, 2.24) is 10.6 Å². The van der Waals surface area contributed by atoms with Crippen LogP contribution in [0.2, 0.25) is 0 Å². The van der Waals surface area contributed by atoms with Gasteiger partial charge < -0.3 is 16.0 Å². The fraction of sp³-hybridized carbons (Fsp3) is 0.529. The summed E-state index contributed by atoms with van der Waals surface area (Å²) in [4.78, 5) is 34.1. The Bertz CT molecular complexity index is 531. The Morgan fingerprint density at radius 2 is 1.83 bits per heavy atom. The van der Waals surface area contributed by atoms with Crippen LogP contribution in [0.5, 0.6) is 0 Å². The number of benzene rings is 1. The molecule has 0 saturated heterocycles. The molecule has 0 heterocycles. The molecule has 0 fully saturated rings. The van der Waals surface area contributed by atoms with E-state index >= 15 is 0 Å². The molecule has 0 aliphatic carbocycles. The lowest BCUT2D eigenvalue weighted by Gasteiger charge is -2.15. The van der Waals surface area contributed by atoms with Crippen LogP contribution in [0.4, 0.5) is 11.4 Å². The number of rotatable bonds is 11. The smallest absolute Gasteiger partial charge is 0.233 e. The van der Waals surface area contributed by atoms with Crippen molar-refractivity contribution in [3.05, 3.63) is 29.2 Å². The van der Waals surface area contributed by atoms with Gasteiger partial charge in [0.1, 0.15) is 5.69 Å². The lowest BCUT2D eigenvalue weighted by Crippen LogP contribution is -2.35. The number of hydrogen-bond acceptors (Lipinski definition) is 5. The van der Waals surface area contributed by atoms with Gasteiger partial charge in [0.2, 0.25) is 11.8 Å². The van der Waals surface area contributed by atoms with Crippen molar-refractivity contribution in [2.45, 2.75) is 33.1 Å². The third kappa shape index (κ3) is 7.32. The highest BCUT2D eigenvalue weighted by atomic mass is 16.3. The molecule has 24 heavy (non-hydrogen) atoms. The maximum Gasteiger partial charge on any atom is 0.233 e. The van der Waals surface area contributed by atoms with E-state index in [1.165, 1.54) is 0 Å². The Balaban J connectivity index is 2.35. The van der Waals surface area contributed by atoms with Crippen LogP contribution in [0.3, 0.4) is 0 Å². The highest BCUT2D eigenvalue weighted by molar-refractivity contribution is 5.92. The molecule has 0 spiro atoms. The summed E-state index contributed by atoms with van der Waals surface area (Å²) in [5.74, 6) is -0.236. The number of hydrogen-bond donors (Lipinski definition) is 3. The molecule has 1 rings (SSSR count). The first-order valence-corrected chi connectivity index (χ1v) is 8.32. The topological polar surface area (TPSA) is 99.7 Å². The van der Waals surface area contributed by atoms with Crippen molar-refractivity contribution in [1.29, 1.82) is 0 Å². The summed E-state index contributed by atoms with van der Waals surface area (Å²) in [5.41, 5.74) is 0.961. The number of anilines is 1. The summed E-state index contributed by atoms with van der Waals surface area (Å²) < 4.78 is 0. The van der Waals surface area contributed by atoms with Gasteiger partial charge in [0.25, 0.3) is 0 Å². The molecule has 0 aliphatic heterocycles. The first-order valence-electron chi connectivity index (χ1n) is 8.32. The molecule has 0 aromatic heterocycles. The van der Waals surface area contributed by atoms with E-state index in [-0.39, 0.29) is 24.3 Å². The summed E-state index contributed by atoms with van der Waals surface area (Å²) in [7, 11) is 0. The average Bonchev–Trinajstić information content (AvgIpc) is 2.60. The van der Waals surface area contributed by atoms with Crippen LogP contribution in [-0.4, -0.2) is 31.4 Å². The van der Waals surface area contributed by atoms with Gasteiger partial charge in [-0.05, 0) is 55.2 Å². The number of amides is 2. The predicted molar refractivity (Wildman–Crippen MR) is 95.1 cm³/mol. The van der Waals surface area contributed by atoms with Crippen LogP contribution in [-0.2, 0) is 9.59 Å². The molecule has 132 valence electrons. The van der Waals surface area contributed by atoms with Crippen molar-refractivity contribution >= 4 is 23.2 Å². The van der Waals surface area contributed by atoms with Crippen LogP contribution in [0, 0.1) is 10.8 Å². The second-order valence-corrected chi connectivity index (χ2v) is 5.55. The molecule has 1 aromatic rings. The monoisotopic (exact) mass is 334 g/mol. The van der Waals surface area contributed by atoms with E-state index in [2.05, 4.69) is 21.1 Å². The zero-order valence-corrected chi connectivity index (χ0v) is 14.3. The van der Waals surface area contributed by atoms with Gasteiger partial charge in [0.15, 0.2) is 0 Å². The second kappa shape index (κ2) is 11.3. The van der Waals surface area contributed by atoms with E-state index in [9.17, 15) is 14.5 Å². The van der Waals surface area contributed by atoms with Crippen LogP contribution in [0.1, 0.15) is 33.1 Å². The van der Waals surface area contributed by atoms with Crippen molar-refractivity contribution in [2.75, 3.05) is 25.0 Å². The Morgan fingerprint density at radius 1 is 1.12 bits per heavy atom. The number of carbonyl (C=O) groups excluding carboxylic acids is 2. The van der Waals surface area contributed by atoms with Crippen LogP contribution < -0.4 is 16.0 Å². The maximum absolute atomic E-state index is 12.3. The van der Waals surface area contributed by atoms with E-state index in [1.807, 2.05) is 13.8 Å². The summed E-state index contributed by atoms with van der Waals surface area (Å²) in [6.07, 6.45) is 2.27. The number of carbonyl (C=O) groups is 2. The van der Waals surface area contributed by atoms with Crippen molar-refractivity contribution in [3.8, 4) is 0 Å².